The molecule has 0 saturated carbocycles. The number of hydrogen-bond donors (Lipinski definition) is 1. The summed E-state index contributed by atoms with van der Waals surface area (Å²) in [5.41, 5.74) is 7.94. The third-order valence-electron chi connectivity index (χ3n) is 6.15. The SMILES string of the molecule is Cc1ccc(CNC(=O)N2Cc3ccccc3-n3cccc3[C@H]2c2cccc(C)c2)cc1. The van der Waals surface area contributed by atoms with Crippen LogP contribution in [0.3, 0.4) is 0 Å². The number of aryl methyl sites for hydroxylation is 2. The molecular weight excluding hydrogens is 394 g/mol. The number of para-hydroxylation sites is 1. The summed E-state index contributed by atoms with van der Waals surface area (Å²) in [6.45, 7) is 5.20. The third kappa shape index (κ3) is 3.80. The van der Waals surface area contributed by atoms with Crippen LogP contribution in [0, 0.1) is 13.8 Å². The molecule has 0 saturated heterocycles. The lowest BCUT2D eigenvalue weighted by Gasteiger charge is -2.31. The summed E-state index contributed by atoms with van der Waals surface area (Å²) in [6, 6.07) is 29.0. The molecule has 1 aliphatic rings. The van der Waals surface area contributed by atoms with Crippen molar-refractivity contribution in [3.8, 4) is 5.69 Å². The molecule has 0 unspecified atom stereocenters. The standard InChI is InChI=1S/C28H27N3O/c1-20-12-14-22(15-13-20)18-29-28(32)31-19-24-8-3-4-10-25(24)30-16-6-11-26(30)27(31)23-9-5-7-21(2)17-23/h3-17,27H,18-19H2,1-2H3,(H,29,32)/t27-/m1/s1. The fraction of sp³-hybridized carbons (Fsp3) is 0.179. The predicted octanol–water partition coefficient (Wildman–Crippen LogP) is 5.91. The summed E-state index contributed by atoms with van der Waals surface area (Å²) in [7, 11) is 0. The van der Waals surface area contributed by atoms with E-state index in [4.69, 9.17) is 0 Å². The second-order valence-electron chi connectivity index (χ2n) is 8.52. The number of carbonyl (C=O) groups is 1. The van der Waals surface area contributed by atoms with Crippen LogP contribution in [0.5, 0.6) is 0 Å². The molecular formula is C28H27N3O. The zero-order valence-electron chi connectivity index (χ0n) is 18.5. The Morgan fingerprint density at radius 3 is 2.53 bits per heavy atom. The van der Waals surface area contributed by atoms with Crippen LogP contribution in [-0.4, -0.2) is 15.5 Å². The first kappa shape index (κ1) is 20.1. The van der Waals surface area contributed by atoms with Crippen molar-refractivity contribution in [3.05, 3.63) is 125 Å². The Morgan fingerprint density at radius 2 is 1.72 bits per heavy atom. The summed E-state index contributed by atoms with van der Waals surface area (Å²) < 4.78 is 2.22. The summed E-state index contributed by atoms with van der Waals surface area (Å²) >= 11 is 0. The van der Waals surface area contributed by atoms with Gasteiger partial charge in [0.25, 0.3) is 0 Å². The summed E-state index contributed by atoms with van der Waals surface area (Å²) in [5.74, 6) is 0. The molecule has 4 nitrogen and oxygen atoms in total. The van der Waals surface area contributed by atoms with E-state index < -0.39 is 0 Å². The maximum Gasteiger partial charge on any atom is 0.318 e. The van der Waals surface area contributed by atoms with Crippen LogP contribution in [0.1, 0.15) is 39.6 Å². The molecule has 5 rings (SSSR count). The van der Waals surface area contributed by atoms with Crippen LogP contribution < -0.4 is 5.32 Å². The summed E-state index contributed by atoms with van der Waals surface area (Å²) in [5, 5.41) is 3.16. The van der Waals surface area contributed by atoms with Gasteiger partial charge in [-0.2, -0.15) is 0 Å². The van der Waals surface area contributed by atoms with Crippen molar-refractivity contribution in [2.75, 3.05) is 0 Å². The Labute approximate surface area is 189 Å². The molecule has 2 amide bonds. The Kier molecular flexibility index (Phi) is 5.28. The van der Waals surface area contributed by atoms with Gasteiger partial charge >= 0.3 is 6.03 Å². The lowest BCUT2D eigenvalue weighted by atomic mass is 10.00. The molecule has 0 aliphatic carbocycles. The molecule has 1 aromatic heterocycles. The van der Waals surface area contributed by atoms with Crippen molar-refractivity contribution >= 4 is 6.03 Å². The molecule has 0 fully saturated rings. The minimum absolute atomic E-state index is 0.0680. The van der Waals surface area contributed by atoms with Gasteiger partial charge in [-0.25, -0.2) is 4.79 Å². The number of carbonyl (C=O) groups excluding carboxylic acids is 1. The maximum absolute atomic E-state index is 13.6. The molecule has 4 heteroatoms. The molecule has 1 N–H and O–H groups in total. The first-order valence-corrected chi connectivity index (χ1v) is 11.0. The van der Waals surface area contributed by atoms with Gasteiger partial charge in [0.2, 0.25) is 0 Å². The van der Waals surface area contributed by atoms with Gasteiger partial charge in [-0.05, 0) is 48.7 Å². The van der Waals surface area contributed by atoms with E-state index in [1.54, 1.807) is 0 Å². The zero-order valence-corrected chi connectivity index (χ0v) is 18.5. The monoisotopic (exact) mass is 421 g/mol. The van der Waals surface area contributed by atoms with Crippen LogP contribution in [0.4, 0.5) is 4.79 Å². The van der Waals surface area contributed by atoms with Crippen LogP contribution >= 0.6 is 0 Å². The normalized spacial score (nSPS) is 14.9. The lowest BCUT2D eigenvalue weighted by Crippen LogP contribution is -2.41. The van der Waals surface area contributed by atoms with E-state index in [1.807, 2.05) is 11.0 Å². The molecule has 0 spiro atoms. The largest absolute Gasteiger partial charge is 0.334 e. The van der Waals surface area contributed by atoms with Crippen LogP contribution in [0.2, 0.25) is 0 Å². The molecule has 4 aromatic rings. The Bertz CT molecular complexity index is 1260. The molecule has 3 aromatic carbocycles. The molecule has 32 heavy (non-hydrogen) atoms. The van der Waals surface area contributed by atoms with Gasteiger partial charge in [-0.15, -0.1) is 0 Å². The minimum atomic E-state index is -0.185. The number of aromatic nitrogens is 1. The van der Waals surface area contributed by atoms with Crippen molar-refractivity contribution in [3.63, 3.8) is 0 Å². The molecule has 2 heterocycles. The highest BCUT2D eigenvalue weighted by atomic mass is 16.2. The van der Waals surface area contributed by atoms with Crippen LogP contribution in [-0.2, 0) is 13.1 Å². The number of benzene rings is 3. The second-order valence-corrected chi connectivity index (χ2v) is 8.52. The molecule has 1 aliphatic heterocycles. The van der Waals surface area contributed by atoms with Gasteiger partial charge in [-0.1, -0.05) is 77.9 Å². The second kappa shape index (κ2) is 8.39. The van der Waals surface area contributed by atoms with E-state index in [1.165, 1.54) is 11.1 Å². The third-order valence-corrected chi connectivity index (χ3v) is 6.15. The Morgan fingerprint density at radius 1 is 0.906 bits per heavy atom. The number of nitrogens with zero attached hydrogens (tertiary/aromatic N) is 2. The maximum atomic E-state index is 13.6. The van der Waals surface area contributed by atoms with E-state index in [2.05, 4.69) is 109 Å². The number of amides is 2. The van der Waals surface area contributed by atoms with E-state index in [0.29, 0.717) is 13.1 Å². The Hall–Kier alpha value is -3.79. The molecule has 0 radical (unpaired) electrons. The van der Waals surface area contributed by atoms with Crippen molar-refractivity contribution in [2.24, 2.45) is 0 Å². The van der Waals surface area contributed by atoms with Crippen molar-refractivity contribution in [1.82, 2.24) is 14.8 Å². The molecule has 0 bridgehead atoms. The topological polar surface area (TPSA) is 37.3 Å². The smallest absolute Gasteiger partial charge is 0.318 e. The van der Waals surface area contributed by atoms with Gasteiger partial charge < -0.3 is 14.8 Å². The van der Waals surface area contributed by atoms with E-state index in [-0.39, 0.29) is 12.1 Å². The quantitative estimate of drug-likeness (QED) is 0.439. The van der Waals surface area contributed by atoms with Crippen LogP contribution in [0.25, 0.3) is 5.69 Å². The van der Waals surface area contributed by atoms with E-state index in [9.17, 15) is 4.79 Å². The number of hydrogen-bond acceptors (Lipinski definition) is 1. The van der Waals surface area contributed by atoms with Crippen molar-refractivity contribution in [1.29, 1.82) is 0 Å². The average Bonchev–Trinajstić information content (AvgIpc) is 3.22. The fourth-order valence-electron chi connectivity index (χ4n) is 4.52. The highest BCUT2D eigenvalue weighted by molar-refractivity contribution is 5.76. The van der Waals surface area contributed by atoms with E-state index >= 15 is 0 Å². The van der Waals surface area contributed by atoms with Crippen molar-refractivity contribution < 1.29 is 4.79 Å². The highest BCUT2D eigenvalue weighted by Crippen LogP contribution is 2.36. The van der Waals surface area contributed by atoms with Gasteiger partial charge in [0.15, 0.2) is 0 Å². The van der Waals surface area contributed by atoms with Crippen LogP contribution in [0.15, 0.2) is 91.1 Å². The number of fused-ring (bicyclic) bond motifs is 3. The molecule has 1 atom stereocenters. The van der Waals surface area contributed by atoms with Gasteiger partial charge in [-0.3, -0.25) is 0 Å². The summed E-state index contributed by atoms with van der Waals surface area (Å²) in [4.78, 5) is 15.6. The van der Waals surface area contributed by atoms with E-state index in [0.717, 1.165) is 28.1 Å². The van der Waals surface area contributed by atoms with Gasteiger partial charge in [0.05, 0.1) is 18.3 Å². The zero-order chi connectivity index (χ0) is 22.1. The lowest BCUT2D eigenvalue weighted by molar-refractivity contribution is 0.180. The average molecular weight is 422 g/mol. The van der Waals surface area contributed by atoms with Gasteiger partial charge in [0.1, 0.15) is 0 Å². The Balaban J connectivity index is 1.55. The minimum Gasteiger partial charge on any atom is -0.334 e. The fourth-order valence-corrected chi connectivity index (χ4v) is 4.52. The first-order chi connectivity index (χ1) is 15.6. The van der Waals surface area contributed by atoms with Crippen molar-refractivity contribution in [2.45, 2.75) is 33.0 Å². The number of urea groups is 1. The number of rotatable bonds is 3. The van der Waals surface area contributed by atoms with Gasteiger partial charge in [0, 0.05) is 18.4 Å². The first-order valence-electron chi connectivity index (χ1n) is 11.0. The highest BCUT2D eigenvalue weighted by Gasteiger charge is 2.32. The number of nitrogens with one attached hydrogen (secondary N) is 1. The summed E-state index contributed by atoms with van der Waals surface area (Å²) in [6.07, 6.45) is 2.09. The predicted molar refractivity (Wildman–Crippen MR) is 128 cm³/mol. The molecule has 160 valence electrons.